The molecule has 2 rings (SSSR count). The highest BCUT2D eigenvalue weighted by Gasteiger charge is 2.13. The minimum Gasteiger partial charge on any atom is -0.388 e. The van der Waals surface area contributed by atoms with Gasteiger partial charge in [-0.3, -0.25) is 15.0 Å². The molecule has 0 saturated carbocycles. The van der Waals surface area contributed by atoms with E-state index in [0.29, 0.717) is 6.54 Å². The first kappa shape index (κ1) is 15.4. The van der Waals surface area contributed by atoms with Gasteiger partial charge in [0.2, 0.25) is 0 Å². The SMILES string of the molecule is CNc1ccc([N+](=O)[O-])cc1CN(C)Cc1scnc1C. The van der Waals surface area contributed by atoms with Gasteiger partial charge in [0.1, 0.15) is 0 Å². The summed E-state index contributed by atoms with van der Waals surface area (Å²) in [5.41, 5.74) is 4.82. The van der Waals surface area contributed by atoms with Crippen LogP contribution in [0, 0.1) is 17.0 Å². The molecule has 21 heavy (non-hydrogen) atoms. The number of non-ortho nitro benzene ring substituents is 1. The number of aryl methyl sites for hydroxylation is 1. The smallest absolute Gasteiger partial charge is 0.269 e. The standard InChI is InChI=1S/C14H18N4O2S/c1-10-14(21-9-16-10)8-17(3)7-11-6-12(18(19)20)4-5-13(11)15-2/h4-6,9,15H,7-8H2,1-3H3. The molecular formula is C14H18N4O2S. The molecule has 7 heteroatoms. The molecule has 0 atom stereocenters. The van der Waals surface area contributed by atoms with Crippen LogP contribution >= 0.6 is 11.3 Å². The average molecular weight is 306 g/mol. The molecule has 0 aliphatic heterocycles. The fourth-order valence-corrected chi connectivity index (χ4v) is 2.99. The highest BCUT2D eigenvalue weighted by molar-refractivity contribution is 7.09. The summed E-state index contributed by atoms with van der Waals surface area (Å²) >= 11 is 1.63. The Hall–Kier alpha value is -1.99. The van der Waals surface area contributed by atoms with Gasteiger partial charge in [-0.1, -0.05) is 0 Å². The van der Waals surface area contributed by atoms with Crippen LogP contribution in [0.3, 0.4) is 0 Å². The third kappa shape index (κ3) is 3.77. The number of benzene rings is 1. The van der Waals surface area contributed by atoms with Gasteiger partial charge in [-0.15, -0.1) is 11.3 Å². The van der Waals surface area contributed by atoms with E-state index in [1.807, 2.05) is 26.5 Å². The summed E-state index contributed by atoms with van der Waals surface area (Å²) in [7, 11) is 3.81. The van der Waals surface area contributed by atoms with E-state index in [4.69, 9.17) is 0 Å². The molecule has 2 aromatic rings. The number of hydrogen-bond donors (Lipinski definition) is 1. The second kappa shape index (κ2) is 6.64. The van der Waals surface area contributed by atoms with Crippen molar-refractivity contribution in [3.63, 3.8) is 0 Å². The number of nitrogens with one attached hydrogen (secondary N) is 1. The number of nitrogens with zero attached hydrogens (tertiary/aromatic N) is 3. The fourth-order valence-electron chi connectivity index (χ4n) is 2.14. The Morgan fingerprint density at radius 2 is 2.19 bits per heavy atom. The zero-order chi connectivity index (χ0) is 15.4. The number of rotatable bonds is 6. The van der Waals surface area contributed by atoms with Crippen molar-refractivity contribution in [1.29, 1.82) is 0 Å². The van der Waals surface area contributed by atoms with E-state index in [1.54, 1.807) is 23.5 Å². The van der Waals surface area contributed by atoms with E-state index < -0.39 is 0 Å². The van der Waals surface area contributed by atoms with Gasteiger partial charge >= 0.3 is 0 Å². The quantitative estimate of drug-likeness (QED) is 0.656. The van der Waals surface area contributed by atoms with Crippen LogP contribution in [0.1, 0.15) is 16.1 Å². The molecule has 1 aromatic carbocycles. The molecule has 1 N–H and O–H groups in total. The van der Waals surface area contributed by atoms with Gasteiger partial charge in [-0.25, -0.2) is 4.98 Å². The Morgan fingerprint density at radius 3 is 2.76 bits per heavy atom. The molecule has 0 bridgehead atoms. The first-order chi connectivity index (χ1) is 10.0. The largest absolute Gasteiger partial charge is 0.388 e. The van der Waals surface area contributed by atoms with Gasteiger partial charge in [-0.2, -0.15) is 0 Å². The van der Waals surface area contributed by atoms with Crippen LogP contribution in [0.5, 0.6) is 0 Å². The molecule has 0 fully saturated rings. The Bertz CT molecular complexity index is 642. The molecule has 0 radical (unpaired) electrons. The molecule has 0 unspecified atom stereocenters. The van der Waals surface area contributed by atoms with Crippen molar-refractivity contribution in [2.75, 3.05) is 19.4 Å². The predicted octanol–water partition coefficient (Wildman–Crippen LogP) is 3.03. The fraction of sp³-hybridized carbons (Fsp3) is 0.357. The topological polar surface area (TPSA) is 71.3 Å². The third-order valence-corrected chi connectivity index (χ3v) is 4.19. The number of hydrogen-bond acceptors (Lipinski definition) is 6. The molecule has 112 valence electrons. The zero-order valence-corrected chi connectivity index (χ0v) is 13.1. The Kier molecular flexibility index (Phi) is 4.87. The van der Waals surface area contributed by atoms with Crippen LogP contribution in [-0.4, -0.2) is 28.9 Å². The summed E-state index contributed by atoms with van der Waals surface area (Å²) in [6.07, 6.45) is 0. The third-order valence-electron chi connectivity index (χ3n) is 3.27. The van der Waals surface area contributed by atoms with Crippen molar-refractivity contribution in [2.24, 2.45) is 0 Å². The van der Waals surface area contributed by atoms with E-state index in [1.165, 1.54) is 10.9 Å². The molecule has 0 amide bonds. The summed E-state index contributed by atoms with van der Waals surface area (Å²) in [5.74, 6) is 0. The maximum Gasteiger partial charge on any atom is 0.269 e. The van der Waals surface area contributed by atoms with E-state index in [-0.39, 0.29) is 10.6 Å². The molecule has 1 aromatic heterocycles. The van der Waals surface area contributed by atoms with Crippen LogP contribution in [0.25, 0.3) is 0 Å². The normalized spacial score (nSPS) is 10.9. The second-order valence-corrected chi connectivity index (χ2v) is 5.82. The van der Waals surface area contributed by atoms with Crippen molar-refractivity contribution >= 4 is 22.7 Å². The highest BCUT2D eigenvalue weighted by atomic mass is 32.1. The number of thiazole rings is 1. The molecule has 6 nitrogen and oxygen atoms in total. The summed E-state index contributed by atoms with van der Waals surface area (Å²) in [4.78, 5) is 18.1. The van der Waals surface area contributed by atoms with Crippen molar-refractivity contribution in [2.45, 2.75) is 20.0 Å². The van der Waals surface area contributed by atoms with Crippen molar-refractivity contribution in [3.05, 3.63) is 50.0 Å². The monoisotopic (exact) mass is 306 g/mol. The maximum absolute atomic E-state index is 10.9. The summed E-state index contributed by atoms with van der Waals surface area (Å²) in [6, 6.07) is 4.89. The lowest BCUT2D eigenvalue weighted by Crippen LogP contribution is -2.18. The summed E-state index contributed by atoms with van der Waals surface area (Å²) in [6.45, 7) is 3.41. The molecular weight excluding hydrogens is 288 g/mol. The van der Waals surface area contributed by atoms with E-state index in [9.17, 15) is 10.1 Å². The summed E-state index contributed by atoms with van der Waals surface area (Å²) < 4.78 is 0. The first-order valence-electron chi connectivity index (χ1n) is 6.54. The van der Waals surface area contributed by atoms with Gasteiger partial charge in [0.25, 0.3) is 5.69 Å². The molecule has 1 heterocycles. The zero-order valence-electron chi connectivity index (χ0n) is 12.3. The van der Waals surface area contributed by atoms with E-state index >= 15 is 0 Å². The number of nitro benzene ring substituents is 1. The van der Waals surface area contributed by atoms with Crippen LogP contribution in [-0.2, 0) is 13.1 Å². The van der Waals surface area contributed by atoms with Crippen molar-refractivity contribution in [1.82, 2.24) is 9.88 Å². The predicted molar refractivity (Wildman–Crippen MR) is 84.7 cm³/mol. The second-order valence-electron chi connectivity index (χ2n) is 4.88. The average Bonchev–Trinajstić information content (AvgIpc) is 2.84. The number of aromatic nitrogens is 1. The number of nitro groups is 1. The van der Waals surface area contributed by atoms with Crippen LogP contribution < -0.4 is 5.32 Å². The lowest BCUT2D eigenvalue weighted by molar-refractivity contribution is -0.384. The Labute approximate surface area is 127 Å². The molecule has 0 spiro atoms. The van der Waals surface area contributed by atoms with Gasteiger partial charge in [0.15, 0.2) is 0 Å². The highest BCUT2D eigenvalue weighted by Crippen LogP contribution is 2.24. The van der Waals surface area contributed by atoms with E-state index in [0.717, 1.165) is 23.5 Å². The van der Waals surface area contributed by atoms with Crippen LogP contribution in [0.2, 0.25) is 0 Å². The number of anilines is 1. The molecule has 0 aliphatic rings. The van der Waals surface area contributed by atoms with Crippen molar-refractivity contribution in [3.8, 4) is 0 Å². The van der Waals surface area contributed by atoms with Crippen LogP contribution in [0.4, 0.5) is 11.4 Å². The molecule has 0 aliphatic carbocycles. The maximum atomic E-state index is 10.9. The Morgan fingerprint density at radius 1 is 1.43 bits per heavy atom. The lowest BCUT2D eigenvalue weighted by Gasteiger charge is -2.18. The van der Waals surface area contributed by atoms with Crippen molar-refractivity contribution < 1.29 is 4.92 Å². The first-order valence-corrected chi connectivity index (χ1v) is 7.41. The van der Waals surface area contributed by atoms with Gasteiger partial charge in [0, 0.05) is 42.8 Å². The van der Waals surface area contributed by atoms with Gasteiger partial charge in [0.05, 0.1) is 16.1 Å². The van der Waals surface area contributed by atoms with E-state index in [2.05, 4.69) is 15.2 Å². The minimum atomic E-state index is -0.365. The van der Waals surface area contributed by atoms with Crippen LogP contribution in [0.15, 0.2) is 23.7 Å². The Balaban J connectivity index is 2.15. The van der Waals surface area contributed by atoms with Gasteiger partial charge < -0.3 is 5.32 Å². The lowest BCUT2D eigenvalue weighted by atomic mass is 10.1. The van der Waals surface area contributed by atoms with Gasteiger partial charge in [-0.05, 0) is 25.6 Å². The summed E-state index contributed by atoms with van der Waals surface area (Å²) in [5, 5.41) is 14.0. The minimum absolute atomic E-state index is 0.117. The molecule has 0 saturated heterocycles.